The van der Waals surface area contributed by atoms with Gasteiger partial charge in [0.2, 0.25) is 5.91 Å². The van der Waals surface area contributed by atoms with Crippen LogP contribution in [0.1, 0.15) is 0 Å². The lowest BCUT2D eigenvalue weighted by Crippen LogP contribution is -2.49. The molecule has 0 bridgehead atoms. The predicted octanol–water partition coefficient (Wildman–Crippen LogP) is 2.27. The fourth-order valence-corrected chi connectivity index (χ4v) is 4.73. The van der Waals surface area contributed by atoms with Gasteiger partial charge in [-0.05, 0) is 24.3 Å². The number of benzene rings is 2. The van der Waals surface area contributed by atoms with Gasteiger partial charge < -0.3 is 24.1 Å². The quantitative estimate of drug-likeness (QED) is 0.452. The van der Waals surface area contributed by atoms with E-state index in [1.165, 1.54) is 12.1 Å². The summed E-state index contributed by atoms with van der Waals surface area (Å²) in [5.41, 5.74) is 1.10. The monoisotopic (exact) mass is 466 g/mol. The maximum Gasteiger partial charge on any atom is 0.350 e. The Kier molecular flexibility index (Phi) is 5.45. The molecule has 0 saturated carbocycles. The molecule has 1 fully saturated rings. The van der Waals surface area contributed by atoms with Crippen LogP contribution in [0.25, 0.3) is 32.8 Å². The zero-order chi connectivity index (χ0) is 24.0. The molecule has 2 aromatic carbocycles. The van der Waals surface area contributed by atoms with E-state index in [9.17, 15) is 14.0 Å². The second-order valence-corrected chi connectivity index (χ2v) is 7.92. The molecule has 0 radical (unpaired) electrons. The number of anilines is 1. The van der Waals surface area contributed by atoms with E-state index in [-0.39, 0.29) is 18.2 Å². The number of carbonyl (C=O) groups is 1. The Bertz CT molecular complexity index is 1500. The van der Waals surface area contributed by atoms with E-state index in [1.54, 1.807) is 21.6 Å². The van der Waals surface area contributed by atoms with Crippen molar-refractivity contribution >= 4 is 44.6 Å². The Morgan fingerprint density at radius 1 is 1.15 bits per heavy atom. The number of fused-ring (bicyclic) bond motifs is 4. The maximum absolute atomic E-state index is 14.7. The topological polar surface area (TPSA) is 101 Å². The van der Waals surface area contributed by atoms with Crippen molar-refractivity contribution in [1.82, 2.24) is 14.5 Å². The summed E-state index contributed by atoms with van der Waals surface area (Å²) < 4.78 is 28.3. The van der Waals surface area contributed by atoms with E-state index in [1.807, 2.05) is 11.0 Å². The number of hydrogen-bond donors (Lipinski definition) is 1. The van der Waals surface area contributed by atoms with Crippen LogP contribution in [0.5, 0.6) is 5.75 Å². The summed E-state index contributed by atoms with van der Waals surface area (Å²) >= 11 is 0. The first-order valence-corrected chi connectivity index (χ1v) is 10.9. The third-order valence-electron chi connectivity index (χ3n) is 6.23. The van der Waals surface area contributed by atoms with Crippen molar-refractivity contribution in [3.05, 3.63) is 53.2 Å². The van der Waals surface area contributed by atoms with Crippen LogP contribution in [0.3, 0.4) is 0 Å². The van der Waals surface area contributed by atoms with Gasteiger partial charge in [-0.1, -0.05) is 12.6 Å². The van der Waals surface area contributed by atoms with Gasteiger partial charge in [-0.15, -0.1) is 0 Å². The van der Waals surface area contributed by atoms with Gasteiger partial charge in [0.1, 0.15) is 29.4 Å². The first-order chi connectivity index (χ1) is 16.6. The van der Waals surface area contributed by atoms with Crippen LogP contribution in [-0.4, -0.2) is 65.4 Å². The smallest absolute Gasteiger partial charge is 0.350 e. The molecule has 0 aliphatic carbocycles. The second-order valence-electron chi connectivity index (χ2n) is 7.92. The summed E-state index contributed by atoms with van der Waals surface area (Å²) in [6.45, 7) is 6.23. The lowest BCUT2D eigenvalue weighted by Gasteiger charge is -2.35. The first-order valence-electron chi connectivity index (χ1n) is 10.9. The van der Waals surface area contributed by atoms with Gasteiger partial charge in [-0.3, -0.25) is 9.36 Å². The summed E-state index contributed by atoms with van der Waals surface area (Å²) in [6, 6.07) is 6.49. The number of aliphatic hydroxyl groups is 1. The average molecular weight is 466 g/mol. The molecule has 2 aromatic heterocycles. The molecular formula is C24H23FN4O5. The van der Waals surface area contributed by atoms with Crippen LogP contribution in [0.15, 0.2) is 46.1 Å². The minimum atomic E-state index is -0.405. The zero-order valence-corrected chi connectivity index (χ0v) is 18.6. The van der Waals surface area contributed by atoms with E-state index in [2.05, 4.69) is 11.6 Å². The Morgan fingerprint density at radius 3 is 2.65 bits per heavy atom. The Hall–Kier alpha value is -3.92. The van der Waals surface area contributed by atoms with Gasteiger partial charge >= 0.3 is 5.69 Å². The third-order valence-corrected chi connectivity index (χ3v) is 6.23. The summed E-state index contributed by atoms with van der Waals surface area (Å²) in [4.78, 5) is 32.9. The van der Waals surface area contributed by atoms with Crippen LogP contribution in [0, 0.1) is 5.82 Å². The molecular weight excluding hydrogens is 443 g/mol. The number of hydrogen-bond acceptors (Lipinski definition) is 7. The van der Waals surface area contributed by atoms with E-state index >= 15 is 0 Å². The second kappa shape index (κ2) is 8.45. The number of aliphatic hydroxyl groups excluding tert-OH is 1. The van der Waals surface area contributed by atoms with Crippen LogP contribution >= 0.6 is 0 Å². The van der Waals surface area contributed by atoms with Crippen molar-refractivity contribution < 1.29 is 23.4 Å². The average Bonchev–Trinajstić information content (AvgIpc) is 3.27. The van der Waals surface area contributed by atoms with Crippen molar-refractivity contribution in [1.29, 1.82) is 0 Å². The van der Waals surface area contributed by atoms with Crippen LogP contribution in [0.2, 0.25) is 0 Å². The lowest BCUT2D eigenvalue weighted by molar-refractivity contribution is -0.126. The van der Waals surface area contributed by atoms with Crippen LogP contribution < -0.4 is 15.3 Å². The van der Waals surface area contributed by atoms with E-state index in [0.29, 0.717) is 77.1 Å². The highest BCUT2D eigenvalue weighted by Crippen LogP contribution is 2.44. The van der Waals surface area contributed by atoms with Crippen molar-refractivity contribution in [3.8, 4) is 5.75 Å². The standard InChI is InChI=1S/C23H19FN4O4.CH4O/c1-2-17(29)26-6-8-27(9-7-26)22-13-12-16-19(18-14(24)4-3-5-15(18)32-16)21-20(13)28(10-11-31-21)23(30)25-22;1-2/h2-5,12H,1,6-11H2;2H,1H3. The Balaban J connectivity index is 0.00000117. The molecule has 4 aromatic rings. The summed E-state index contributed by atoms with van der Waals surface area (Å²) in [5.74, 6) is 0.432. The van der Waals surface area contributed by atoms with E-state index < -0.39 is 5.82 Å². The number of furan rings is 1. The highest BCUT2D eigenvalue weighted by Gasteiger charge is 2.29. The molecule has 0 atom stereocenters. The number of rotatable bonds is 2. The zero-order valence-electron chi connectivity index (χ0n) is 18.6. The summed E-state index contributed by atoms with van der Waals surface area (Å²) in [6.07, 6.45) is 1.30. The van der Waals surface area contributed by atoms with Crippen molar-refractivity contribution in [2.75, 3.05) is 44.8 Å². The van der Waals surface area contributed by atoms with E-state index in [0.717, 1.165) is 7.11 Å². The number of ether oxygens (including phenoxy) is 1. The molecule has 2 aliphatic rings. The number of piperazine rings is 1. The van der Waals surface area contributed by atoms with Crippen LogP contribution in [-0.2, 0) is 11.3 Å². The molecule has 0 spiro atoms. The van der Waals surface area contributed by atoms with Gasteiger partial charge in [-0.2, -0.15) is 4.98 Å². The minimum absolute atomic E-state index is 0.117. The normalized spacial score (nSPS) is 15.3. The van der Waals surface area contributed by atoms with Crippen LogP contribution in [0.4, 0.5) is 10.2 Å². The molecule has 2 aliphatic heterocycles. The maximum atomic E-state index is 14.7. The van der Waals surface area contributed by atoms with Crippen molar-refractivity contribution in [3.63, 3.8) is 0 Å². The van der Waals surface area contributed by atoms with Gasteiger partial charge in [0.25, 0.3) is 0 Å². The third kappa shape index (κ3) is 3.21. The molecule has 34 heavy (non-hydrogen) atoms. The number of amides is 1. The highest BCUT2D eigenvalue weighted by atomic mass is 19.1. The Morgan fingerprint density at radius 2 is 1.91 bits per heavy atom. The van der Waals surface area contributed by atoms with Crippen molar-refractivity contribution in [2.45, 2.75) is 6.54 Å². The SMILES string of the molecule is C=CC(=O)N1CCN(c2nc(=O)n3c4c(c5c(cc24)oc2cccc(F)c25)OCC3)CC1.CO. The van der Waals surface area contributed by atoms with Gasteiger partial charge in [0.15, 0.2) is 5.75 Å². The fraction of sp³-hybridized carbons (Fsp3) is 0.292. The van der Waals surface area contributed by atoms with Gasteiger partial charge in [-0.25, -0.2) is 9.18 Å². The highest BCUT2D eigenvalue weighted by molar-refractivity contribution is 6.16. The number of halogens is 1. The molecule has 1 saturated heterocycles. The Labute approximate surface area is 193 Å². The lowest BCUT2D eigenvalue weighted by atomic mass is 10.1. The van der Waals surface area contributed by atoms with Crippen molar-refractivity contribution in [2.24, 2.45) is 0 Å². The molecule has 10 heteroatoms. The van der Waals surface area contributed by atoms with E-state index in [4.69, 9.17) is 14.3 Å². The number of nitrogens with zero attached hydrogens (tertiary/aromatic N) is 4. The molecule has 176 valence electrons. The number of aromatic nitrogens is 2. The minimum Gasteiger partial charge on any atom is -0.489 e. The van der Waals surface area contributed by atoms with Gasteiger partial charge in [0, 0.05) is 38.7 Å². The molecule has 0 unspecified atom stereocenters. The summed E-state index contributed by atoms with van der Waals surface area (Å²) in [7, 11) is 1.00. The molecule has 1 N–H and O–H groups in total. The summed E-state index contributed by atoms with van der Waals surface area (Å²) in [5, 5.41) is 8.57. The first kappa shape index (κ1) is 21.9. The van der Waals surface area contributed by atoms with Gasteiger partial charge in [0.05, 0.1) is 22.8 Å². The molecule has 4 heterocycles. The number of carbonyl (C=O) groups excluding carboxylic acids is 1. The largest absolute Gasteiger partial charge is 0.489 e. The molecule has 6 rings (SSSR count). The fourth-order valence-electron chi connectivity index (χ4n) is 4.73. The molecule has 9 nitrogen and oxygen atoms in total. The predicted molar refractivity (Wildman–Crippen MR) is 126 cm³/mol. The molecule has 1 amide bonds.